The van der Waals surface area contributed by atoms with E-state index in [0.29, 0.717) is 0 Å². The van der Waals surface area contributed by atoms with Crippen LogP contribution in [0.1, 0.15) is 17.7 Å². The Morgan fingerprint density at radius 2 is 1.85 bits per heavy atom. The second-order valence-electron chi connectivity index (χ2n) is 6.70. The van der Waals surface area contributed by atoms with Gasteiger partial charge in [0.1, 0.15) is 28.1 Å². The maximum Gasteiger partial charge on any atom is 1.00 e. The molecule has 1 unspecified atom stereocenters. The van der Waals surface area contributed by atoms with Crippen LogP contribution in [0.5, 0.6) is 0 Å². The van der Waals surface area contributed by atoms with Crippen molar-refractivity contribution in [2.45, 2.75) is 23.6 Å². The summed E-state index contributed by atoms with van der Waals surface area (Å²) >= 11 is 1.09. The first-order valence-corrected chi connectivity index (χ1v) is 11.4. The number of thioether (sulfide) groups is 1. The van der Waals surface area contributed by atoms with Gasteiger partial charge in [0.05, 0.1) is 11.7 Å². The van der Waals surface area contributed by atoms with Crippen molar-refractivity contribution < 1.29 is 101 Å². The van der Waals surface area contributed by atoms with E-state index in [4.69, 9.17) is 4.74 Å². The summed E-state index contributed by atoms with van der Waals surface area (Å²) in [7, 11) is -5.10. The zero-order chi connectivity index (χ0) is 22.9. The summed E-state index contributed by atoms with van der Waals surface area (Å²) in [5.41, 5.74) is -0.371. The van der Waals surface area contributed by atoms with Crippen LogP contribution in [0.15, 0.2) is 41.6 Å². The van der Waals surface area contributed by atoms with Crippen molar-refractivity contribution in [3.8, 4) is 0 Å². The number of hydrogen-bond donors (Lipinski definition) is 1. The third kappa shape index (κ3) is 6.61. The Bertz CT molecular complexity index is 1080. The molecule has 0 saturated carbocycles. The van der Waals surface area contributed by atoms with Crippen LogP contribution in [0.4, 0.5) is 0 Å². The van der Waals surface area contributed by atoms with Crippen molar-refractivity contribution in [3.05, 3.63) is 47.2 Å². The molecule has 2 heterocycles. The van der Waals surface area contributed by atoms with Crippen LogP contribution in [0.3, 0.4) is 0 Å². The Morgan fingerprint density at radius 1 is 1.24 bits per heavy atom. The first-order valence-electron chi connectivity index (χ1n) is 8.83. The summed E-state index contributed by atoms with van der Waals surface area (Å²) in [6, 6.07) is 5.83. The van der Waals surface area contributed by atoms with Crippen LogP contribution < -0.4 is 69.5 Å². The number of aliphatic carboxylic acids is 1. The second-order valence-corrected chi connectivity index (χ2v) is 9.26. The van der Waals surface area contributed by atoms with Crippen molar-refractivity contribution in [3.63, 3.8) is 0 Å². The Morgan fingerprint density at radius 3 is 2.36 bits per heavy atom. The van der Waals surface area contributed by atoms with Crippen molar-refractivity contribution in [1.82, 2.24) is 10.2 Å². The monoisotopic (exact) mass is 514 g/mol. The fraction of sp³-hybridized carbons (Fsp3) is 0.333. The number of β-lactam (4-membered cyclic amide) rings is 1. The van der Waals surface area contributed by atoms with Gasteiger partial charge in [-0.2, -0.15) is 0 Å². The molecular formula is C18H16N2Na2O9S2. The third-order valence-electron chi connectivity index (χ3n) is 4.62. The minimum absolute atomic E-state index is 0. The number of hydrogen-bond acceptors (Lipinski definition) is 10. The topological polar surface area (TPSA) is 173 Å². The summed E-state index contributed by atoms with van der Waals surface area (Å²) in [6.07, 6.45) is 0. The molecule has 11 nitrogen and oxygen atoms in total. The number of benzene rings is 1. The molecular weight excluding hydrogens is 498 g/mol. The van der Waals surface area contributed by atoms with Crippen molar-refractivity contribution >= 4 is 45.6 Å². The van der Waals surface area contributed by atoms with E-state index in [2.05, 4.69) is 5.32 Å². The van der Waals surface area contributed by atoms with Crippen LogP contribution in [-0.4, -0.2) is 65.4 Å². The molecule has 1 N–H and O–H groups in total. The van der Waals surface area contributed by atoms with Crippen LogP contribution >= 0.6 is 11.8 Å². The van der Waals surface area contributed by atoms with Crippen molar-refractivity contribution in [1.29, 1.82) is 0 Å². The molecule has 1 fully saturated rings. The number of rotatable bonds is 7. The molecule has 0 aromatic heterocycles. The minimum atomic E-state index is -5.10. The predicted molar refractivity (Wildman–Crippen MR) is 103 cm³/mol. The molecule has 0 spiro atoms. The average molecular weight is 514 g/mol. The van der Waals surface area contributed by atoms with E-state index in [0.717, 1.165) is 23.6 Å². The molecule has 33 heavy (non-hydrogen) atoms. The number of nitrogens with one attached hydrogen (secondary N) is 1. The SMILES string of the molecule is CC(=O)OCC1=C(C(=O)[O-])N2C(=O)[C@@H](NC(=O)C(c3ccccc3)S(=O)(=O)[O-])[C@@H]2SC1.[Na+].[Na+]. The Balaban J connectivity index is 0.00000272. The van der Waals surface area contributed by atoms with Crippen LogP contribution in [0, 0.1) is 0 Å². The van der Waals surface area contributed by atoms with Gasteiger partial charge in [0.25, 0.3) is 5.91 Å². The first-order chi connectivity index (χ1) is 14.5. The van der Waals surface area contributed by atoms with Crippen LogP contribution in [0.2, 0.25) is 0 Å². The van der Waals surface area contributed by atoms with Gasteiger partial charge in [0.2, 0.25) is 5.91 Å². The van der Waals surface area contributed by atoms with Gasteiger partial charge in [0.15, 0.2) is 5.25 Å². The number of carbonyl (C=O) groups excluding carboxylic acids is 4. The molecule has 2 aliphatic rings. The number of ether oxygens (including phenoxy) is 1. The number of esters is 1. The Labute approximate surface area is 238 Å². The van der Waals surface area contributed by atoms with E-state index in [1.54, 1.807) is 6.07 Å². The third-order valence-corrected chi connectivity index (χ3v) is 7.02. The molecule has 15 heteroatoms. The fourth-order valence-corrected chi connectivity index (χ4v) is 5.43. The first kappa shape index (κ1) is 30.1. The standard InChI is InChI=1S/C18H18N2O9S2.2Na/c1-9(21)29-7-11-8-30-17-12(16(23)20(17)13(11)18(24)25)19-15(22)14(31(26,27)28)10-5-3-2-4-6-10;;/h2-6,12,14,17H,7-8H2,1H3,(H,19,22)(H,24,25)(H,26,27,28);;/q;2*+1/p-2/t12-,14?,17+;;/m1../s1. The van der Waals surface area contributed by atoms with Gasteiger partial charge in [-0.1, -0.05) is 30.3 Å². The van der Waals surface area contributed by atoms with E-state index in [-0.39, 0.29) is 82.6 Å². The smallest absolute Gasteiger partial charge is 0.747 e. The van der Waals surface area contributed by atoms with E-state index in [1.807, 2.05) is 0 Å². The maximum atomic E-state index is 12.6. The molecule has 1 aromatic rings. The fourth-order valence-electron chi connectivity index (χ4n) is 3.28. The molecule has 0 aliphatic carbocycles. The van der Waals surface area contributed by atoms with Gasteiger partial charge in [0, 0.05) is 18.2 Å². The zero-order valence-corrected chi connectivity index (χ0v) is 23.6. The number of nitrogens with zero attached hydrogens (tertiary/aromatic N) is 1. The van der Waals surface area contributed by atoms with Crippen molar-refractivity contribution in [2.24, 2.45) is 0 Å². The maximum absolute atomic E-state index is 12.6. The van der Waals surface area contributed by atoms with Crippen LogP contribution in [-0.2, 0) is 34.0 Å². The summed E-state index contributed by atoms with van der Waals surface area (Å²) < 4.78 is 39.9. The summed E-state index contributed by atoms with van der Waals surface area (Å²) in [5.74, 6) is -4.23. The largest absolute Gasteiger partial charge is 1.00 e. The van der Waals surface area contributed by atoms with Gasteiger partial charge < -0.3 is 24.5 Å². The number of carbonyl (C=O) groups is 4. The van der Waals surface area contributed by atoms with Gasteiger partial charge >= 0.3 is 65.1 Å². The Kier molecular flexibility index (Phi) is 11.1. The van der Waals surface area contributed by atoms with Crippen molar-refractivity contribution in [2.75, 3.05) is 12.4 Å². The molecule has 2 amide bonds. The molecule has 3 atom stereocenters. The van der Waals surface area contributed by atoms with E-state index in [9.17, 15) is 37.3 Å². The molecule has 0 bridgehead atoms. The summed E-state index contributed by atoms with van der Waals surface area (Å²) in [5, 5.41) is 10.9. The molecule has 1 saturated heterocycles. The average Bonchev–Trinajstić information content (AvgIpc) is 2.69. The number of amides is 2. The molecule has 2 aliphatic heterocycles. The molecule has 166 valence electrons. The normalized spacial score (nSPS) is 20.3. The summed E-state index contributed by atoms with van der Waals surface area (Å²) in [6.45, 7) is 0.801. The summed E-state index contributed by atoms with van der Waals surface area (Å²) in [4.78, 5) is 48.6. The Hall–Kier alpha value is -0.900. The second kappa shape index (κ2) is 12.2. The number of fused-ring (bicyclic) bond motifs is 1. The predicted octanol–water partition coefficient (Wildman–Crippen LogP) is -7.75. The quantitative estimate of drug-likeness (QED) is 0.159. The van der Waals surface area contributed by atoms with Crippen LogP contribution in [0.25, 0.3) is 0 Å². The van der Waals surface area contributed by atoms with Gasteiger partial charge in [-0.05, 0) is 5.56 Å². The molecule has 0 radical (unpaired) electrons. The minimum Gasteiger partial charge on any atom is -0.747 e. The zero-order valence-electron chi connectivity index (χ0n) is 18.0. The molecule has 3 rings (SSSR count). The van der Waals surface area contributed by atoms with Gasteiger partial charge in [-0.25, -0.2) is 8.42 Å². The van der Waals surface area contributed by atoms with E-state index >= 15 is 0 Å². The molecule has 1 aromatic carbocycles. The van der Waals surface area contributed by atoms with E-state index < -0.39 is 56.2 Å². The number of carboxylic acid groups (broad SMARTS) is 1. The number of carboxylic acids is 1. The van der Waals surface area contributed by atoms with E-state index in [1.165, 1.54) is 24.3 Å². The van der Waals surface area contributed by atoms with Gasteiger partial charge in [-0.3, -0.25) is 19.3 Å². The van der Waals surface area contributed by atoms with Gasteiger partial charge in [-0.15, -0.1) is 11.8 Å².